The molecule has 1 aliphatic rings. The van der Waals surface area contributed by atoms with Crippen LogP contribution < -0.4 is 5.32 Å². The number of nitrogens with one attached hydrogen (secondary N) is 1. The van der Waals surface area contributed by atoms with Gasteiger partial charge in [0.2, 0.25) is 0 Å². The van der Waals surface area contributed by atoms with Crippen molar-refractivity contribution in [2.75, 3.05) is 6.54 Å². The first-order chi connectivity index (χ1) is 7.76. The third-order valence-corrected chi connectivity index (χ3v) is 3.75. The molecule has 1 fully saturated rings. The van der Waals surface area contributed by atoms with Gasteiger partial charge < -0.3 is 5.32 Å². The average Bonchev–Trinajstić information content (AvgIpc) is 2.33. The Morgan fingerprint density at radius 3 is 2.75 bits per heavy atom. The van der Waals surface area contributed by atoms with Crippen LogP contribution in [-0.2, 0) is 6.42 Å². The van der Waals surface area contributed by atoms with Gasteiger partial charge >= 0.3 is 0 Å². The predicted octanol–water partition coefficient (Wildman–Crippen LogP) is 3.29. The molecule has 1 unspecified atom stereocenters. The molecule has 0 aromatic heterocycles. The van der Waals surface area contributed by atoms with E-state index in [4.69, 9.17) is 0 Å². The molecule has 2 heteroatoms. The van der Waals surface area contributed by atoms with E-state index in [9.17, 15) is 4.39 Å². The van der Waals surface area contributed by atoms with Gasteiger partial charge in [-0.3, -0.25) is 0 Å². The molecule has 0 saturated carbocycles. The molecule has 1 N–H and O–H groups in total. The zero-order valence-electron chi connectivity index (χ0n) is 9.93. The Kier molecular flexibility index (Phi) is 3.59. The second-order valence-corrected chi connectivity index (χ2v) is 4.79. The van der Waals surface area contributed by atoms with Crippen LogP contribution in [0, 0.1) is 5.82 Å². The first-order valence-electron chi connectivity index (χ1n) is 6.24. The summed E-state index contributed by atoms with van der Waals surface area (Å²) >= 11 is 0. The average molecular weight is 221 g/mol. The van der Waals surface area contributed by atoms with Crippen molar-refractivity contribution in [2.45, 2.75) is 44.6 Å². The zero-order chi connectivity index (χ0) is 11.4. The summed E-state index contributed by atoms with van der Waals surface area (Å²) in [5.74, 6) is -0.0669. The fraction of sp³-hybridized carbons (Fsp3) is 0.571. The van der Waals surface area contributed by atoms with E-state index >= 15 is 0 Å². The monoisotopic (exact) mass is 221 g/mol. The summed E-state index contributed by atoms with van der Waals surface area (Å²) in [5, 5.41) is 3.59. The van der Waals surface area contributed by atoms with Crippen molar-refractivity contribution >= 4 is 0 Å². The third-order valence-electron chi connectivity index (χ3n) is 3.75. The third kappa shape index (κ3) is 2.43. The normalized spacial score (nSPS) is 25.6. The van der Waals surface area contributed by atoms with E-state index in [1.807, 2.05) is 12.1 Å². The van der Waals surface area contributed by atoms with Crippen molar-refractivity contribution in [3.8, 4) is 0 Å². The van der Waals surface area contributed by atoms with Gasteiger partial charge in [0.15, 0.2) is 0 Å². The van der Waals surface area contributed by atoms with Gasteiger partial charge in [-0.1, -0.05) is 31.5 Å². The summed E-state index contributed by atoms with van der Waals surface area (Å²) in [6.45, 7) is 3.27. The Labute approximate surface area is 97.1 Å². The summed E-state index contributed by atoms with van der Waals surface area (Å²) in [6, 6.07) is 7.14. The highest BCUT2D eigenvalue weighted by Crippen LogP contribution is 2.27. The summed E-state index contributed by atoms with van der Waals surface area (Å²) in [6.07, 6.45) is 5.56. The number of halogens is 1. The number of piperidine rings is 1. The Morgan fingerprint density at radius 1 is 1.31 bits per heavy atom. The van der Waals surface area contributed by atoms with Crippen molar-refractivity contribution < 1.29 is 4.39 Å². The molecular weight excluding hydrogens is 201 g/mol. The standard InChI is InChI=1S/C14H20FN/c1-2-14(9-5-6-10-16-14)11-12-7-3-4-8-13(12)15/h3-4,7-8,16H,2,5-6,9-11H2,1H3. The van der Waals surface area contributed by atoms with E-state index in [0.717, 1.165) is 31.4 Å². The Hall–Kier alpha value is -0.890. The molecular formula is C14H20FN. The number of hydrogen-bond donors (Lipinski definition) is 1. The highest BCUT2D eigenvalue weighted by molar-refractivity contribution is 5.20. The maximum absolute atomic E-state index is 13.6. The Balaban J connectivity index is 2.15. The summed E-state index contributed by atoms with van der Waals surface area (Å²) in [7, 11) is 0. The highest BCUT2D eigenvalue weighted by atomic mass is 19.1. The molecule has 0 aliphatic carbocycles. The lowest BCUT2D eigenvalue weighted by molar-refractivity contribution is 0.241. The van der Waals surface area contributed by atoms with Crippen LogP contribution in [0.3, 0.4) is 0 Å². The van der Waals surface area contributed by atoms with Gasteiger partial charge in [-0.2, -0.15) is 0 Å². The van der Waals surface area contributed by atoms with E-state index in [1.165, 1.54) is 12.8 Å². The molecule has 1 atom stereocenters. The Morgan fingerprint density at radius 2 is 2.12 bits per heavy atom. The molecule has 1 heterocycles. The summed E-state index contributed by atoms with van der Waals surface area (Å²) in [4.78, 5) is 0. The number of hydrogen-bond acceptors (Lipinski definition) is 1. The molecule has 1 aliphatic heterocycles. The lowest BCUT2D eigenvalue weighted by Crippen LogP contribution is -2.49. The van der Waals surface area contributed by atoms with E-state index < -0.39 is 0 Å². The molecule has 1 aromatic rings. The smallest absolute Gasteiger partial charge is 0.126 e. The van der Waals surface area contributed by atoms with Crippen molar-refractivity contribution in [1.29, 1.82) is 0 Å². The minimum Gasteiger partial charge on any atom is -0.311 e. The van der Waals surface area contributed by atoms with Gasteiger partial charge in [-0.15, -0.1) is 0 Å². The van der Waals surface area contributed by atoms with E-state index in [2.05, 4.69) is 12.2 Å². The van der Waals surface area contributed by atoms with Crippen molar-refractivity contribution in [1.82, 2.24) is 5.32 Å². The molecule has 0 amide bonds. The van der Waals surface area contributed by atoms with Crippen molar-refractivity contribution in [3.05, 3.63) is 35.6 Å². The van der Waals surface area contributed by atoms with Gasteiger partial charge in [-0.05, 0) is 43.9 Å². The molecule has 88 valence electrons. The topological polar surface area (TPSA) is 12.0 Å². The van der Waals surface area contributed by atoms with Gasteiger partial charge in [0.1, 0.15) is 5.82 Å². The molecule has 0 spiro atoms. The van der Waals surface area contributed by atoms with Gasteiger partial charge in [0, 0.05) is 5.54 Å². The molecule has 1 nitrogen and oxygen atoms in total. The van der Waals surface area contributed by atoms with Crippen LogP contribution in [0.1, 0.15) is 38.2 Å². The lowest BCUT2D eigenvalue weighted by atomic mass is 9.81. The predicted molar refractivity (Wildman–Crippen MR) is 65.0 cm³/mol. The quantitative estimate of drug-likeness (QED) is 0.826. The van der Waals surface area contributed by atoms with Gasteiger partial charge in [0.25, 0.3) is 0 Å². The van der Waals surface area contributed by atoms with Crippen LogP contribution in [0.5, 0.6) is 0 Å². The van der Waals surface area contributed by atoms with Crippen LogP contribution in [0.25, 0.3) is 0 Å². The summed E-state index contributed by atoms with van der Waals surface area (Å²) in [5.41, 5.74) is 0.972. The lowest BCUT2D eigenvalue weighted by Gasteiger charge is -2.38. The van der Waals surface area contributed by atoms with Gasteiger partial charge in [0.05, 0.1) is 0 Å². The van der Waals surface area contributed by atoms with Crippen molar-refractivity contribution in [3.63, 3.8) is 0 Å². The minimum atomic E-state index is -0.0669. The SMILES string of the molecule is CCC1(Cc2ccccc2F)CCCCN1. The first kappa shape index (κ1) is 11.6. The van der Waals surface area contributed by atoms with Crippen LogP contribution in [0.4, 0.5) is 4.39 Å². The molecule has 2 rings (SSSR count). The number of benzene rings is 1. The maximum atomic E-state index is 13.6. The van der Waals surface area contributed by atoms with Crippen molar-refractivity contribution in [2.24, 2.45) is 0 Å². The fourth-order valence-electron chi connectivity index (χ4n) is 2.61. The molecule has 0 radical (unpaired) electrons. The fourth-order valence-corrected chi connectivity index (χ4v) is 2.61. The van der Waals surface area contributed by atoms with E-state index in [-0.39, 0.29) is 11.4 Å². The van der Waals surface area contributed by atoms with Crippen LogP contribution in [0.2, 0.25) is 0 Å². The van der Waals surface area contributed by atoms with Crippen LogP contribution in [0.15, 0.2) is 24.3 Å². The highest BCUT2D eigenvalue weighted by Gasteiger charge is 2.30. The largest absolute Gasteiger partial charge is 0.311 e. The second-order valence-electron chi connectivity index (χ2n) is 4.79. The molecule has 1 saturated heterocycles. The first-order valence-corrected chi connectivity index (χ1v) is 6.24. The van der Waals surface area contributed by atoms with Crippen LogP contribution >= 0.6 is 0 Å². The molecule has 16 heavy (non-hydrogen) atoms. The van der Waals surface area contributed by atoms with Gasteiger partial charge in [-0.25, -0.2) is 4.39 Å². The van der Waals surface area contributed by atoms with Crippen LogP contribution in [-0.4, -0.2) is 12.1 Å². The zero-order valence-corrected chi connectivity index (χ0v) is 9.93. The molecule has 0 bridgehead atoms. The molecule has 1 aromatic carbocycles. The second kappa shape index (κ2) is 4.96. The summed E-state index contributed by atoms with van der Waals surface area (Å²) < 4.78 is 13.6. The Bertz CT molecular complexity index is 342. The maximum Gasteiger partial charge on any atom is 0.126 e. The van der Waals surface area contributed by atoms with E-state index in [1.54, 1.807) is 12.1 Å². The minimum absolute atomic E-state index is 0.0669. The van der Waals surface area contributed by atoms with E-state index in [0.29, 0.717) is 0 Å². The number of rotatable bonds is 3.